The Bertz CT molecular complexity index is 352. The summed E-state index contributed by atoms with van der Waals surface area (Å²) < 4.78 is 0. The molecular weight excluding hydrogens is 240 g/mol. The molecule has 1 unspecified atom stereocenters. The van der Waals surface area contributed by atoms with Gasteiger partial charge >= 0.3 is 0 Å². The predicted octanol–water partition coefficient (Wildman–Crippen LogP) is 3.00. The second-order valence-electron chi connectivity index (χ2n) is 3.16. The number of benzene rings is 1. The highest BCUT2D eigenvalue weighted by Crippen LogP contribution is 2.30. The normalized spacial score (nSPS) is 14.2. The van der Waals surface area contributed by atoms with Gasteiger partial charge in [-0.15, -0.1) is 5.73 Å². The summed E-state index contributed by atoms with van der Waals surface area (Å²) in [7, 11) is 0. The lowest BCUT2D eigenvalue weighted by Crippen LogP contribution is -2.28. The quantitative estimate of drug-likeness (QED) is 0.648. The van der Waals surface area contributed by atoms with E-state index < -0.39 is 5.60 Å². The molecule has 0 fully saturated rings. The van der Waals surface area contributed by atoms with Crippen molar-refractivity contribution < 1.29 is 5.11 Å². The molecule has 14 heavy (non-hydrogen) atoms. The van der Waals surface area contributed by atoms with Crippen molar-refractivity contribution in [2.75, 3.05) is 5.33 Å². The maximum absolute atomic E-state index is 10.4. The summed E-state index contributed by atoms with van der Waals surface area (Å²) in [6, 6.07) is 9.51. The minimum atomic E-state index is -0.997. The van der Waals surface area contributed by atoms with Crippen LogP contribution in [0.1, 0.15) is 12.5 Å². The van der Waals surface area contributed by atoms with E-state index in [0.29, 0.717) is 5.33 Å². The molecule has 0 aliphatic rings. The van der Waals surface area contributed by atoms with Crippen LogP contribution in [0.15, 0.2) is 48.2 Å². The van der Waals surface area contributed by atoms with Crippen LogP contribution in [0, 0.1) is 0 Å². The molecule has 1 aromatic carbocycles. The molecule has 1 rings (SSSR count). The number of aliphatic hydroxyl groups is 1. The maximum atomic E-state index is 10.4. The summed E-state index contributed by atoms with van der Waals surface area (Å²) in [6.07, 6.45) is 0. The molecule has 2 heteroatoms. The fourth-order valence-electron chi connectivity index (χ4n) is 1.25. The monoisotopic (exact) mass is 252 g/mol. The van der Waals surface area contributed by atoms with E-state index in [1.165, 1.54) is 0 Å². The van der Waals surface area contributed by atoms with E-state index >= 15 is 0 Å². The highest BCUT2D eigenvalue weighted by Gasteiger charge is 2.29. The average Bonchev–Trinajstić information content (AvgIpc) is 2.28. The molecule has 0 radical (unpaired) electrons. The second kappa shape index (κ2) is 4.61. The Morgan fingerprint density at radius 3 is 2.50 bits per heavy atom. The first-order chi connectivity index (χ1) is 6.65. The van der Waals surface area contributed by atoms with Gasteiger partial charge in [0.2, 0.25) is 0 Å². The Morgan fingerprint density at radius 1 is 1.50 bits per heavy atom. The molecule has 0 spiro atoms. The van der Waals surface area contributed by atoms with Gasteiger partial charge in [-0.3, -0.25) is 0 Å². The first-order valence-electron chi connectivity index (χ1n) is 4.36. The third kappa shape index (κ3) is 1.98. The zero-order valence-corrected chi connectivity index (χ0v) is 9.71. The van der Waals surface area contributed by atoms with Gasteiger partial charge in [-0.2, -0.15) is 0 Å². The Balaban J connectivity index is 3.21. The Labute approximate surface area is 92.9 Å². The molecule has 1 aromatic rings. The van der Waals surface area contributed by atoms with Crippen LogP contribution in [0.3, 0.4) is 0 Å². The Hall–Kier alpha value is -0.820. The SMILES string of the molecule is C=C=C(C)C(O)(CBr)c1ccccc1. The molecule has 0 aromatic heterocycles. The van der Waals surface area contributed by atoms with Gasteiger partial charge in [0.1, 0.15) is 5.60 Å². The van der Waals surface area contributed by atoms with E-state index in [4.69, 9.17) is 0 Å². The summed E-state index contributed by atoms with van der Waals surface area (Å²) in [5, 5.41) is 10.8. The lowest BCUT2D eigenvalue weighted by atomic mass is 9.89. The van der Waals surface area contributed by atoms with Crippen LogP contribution in [0.2, 0.25) is 0 Å². The minimum absolute atomic E-state index is 0.443. The molecule has 1 atom stereocenters. The highest BCUT2D eigenvalue weighted by atomic mass is 79.9. The molecule has 1 N–H and O–H groups in total. The maximum Gasteiger partial charge on any atom is 0.127 e. The number of rotatable bonds is 3. The molecule has 0 aliphatic heterocycles. The van der Waals surface area contributed by atoms with Crippen molar-refractivity contribution in [2.24, 2.45) is 0 Å². The smallest absolute Gasteiger partial charge is 0.127 e. The van der Waals surface area contributed by atoms with Crippen molar-refractivity contribution in [3.63, 3.8) is 0 Å². The lowest BCUT2D eigenvalue weighted by molar-refractivity contribution is 0.104. The van der Waals surface area contributed by atoms with Crippen LogP contribution in [0.5, 0.6) is 0 Å². The molecule has 0 aliphatic carbocycles. The van der Waals surface area contributed by atoms with Gasteiger partial charge in [0.25, 0.3) is 0 Å². The van der Waals surface area contributed by atoms with E-state index in [1.807, 2.05) is 37.3 Å². The van der Waals surface area contributed by atoms with Gasteiger partial charge in [-0.25, -0.2) is 0 Å². The van der Waals surface area contributed by atoms with Crippen molar-refractivity contribution in [3.05, 3.63) is 53.8 Å². The lowest BCUT2D eigenvalue weighted by Gasteiger charge is -2.26. The van der Waals surface area contributed by atoms with E-state index in [9.17, 15) is 5.11 Å². The number of alkyl halides is 1. The summed E-state index contributed by atoms with van der Waals surface area (Å²) in [4.78, 5) is 0. The van der Waals surface area contributed by atoms with E-state index in [1.54, 1.807) is 0 Å². The summed E-state index contributed by atoms with van der Waals surface area (Å²) in [6.45, 7) is 5.38. The van der Waals surface area contributed by atoms with Crippen LogP contribution >= 0.6 is 15.9 Å². The van der Waals surface area contributed by atoms with E-state index in [0.717, 1.165) is 11.1 Å². The van der Waals surface area contributed by atoms with Crippen LogP contribution in [-0.2, 0) is 5.60 Å². The third-order valence-electron chi connectivity index (χ3n) is 2.33. The highest BCUT2D eigenvalue weighted by molar-refractivity contribution is 9.09. The Morgan fingerprint density at radius 2 is 2.07 bits per heavy atom. The van der Waals surface area contributed by atoms with Crippen molar-refractivity contribution >= 4 is 15.9 Å². The number of hydrogen-bond donors (Lipinski definition) is 1. The number of halogens is 1. The van der Waals surface area contributed by atoms with Crippen LogP contribution in [0.25, 0.3) is 0 Å². The van der Waals surface area contributed by atoms with E-state index in [-0.39, 0.29) is 0 Å². The number of hydrogen-bond acceptors (Lipinski definition) is 1. The van der Waals surface area contributed by atoms with Gasteiger partial charge in [-0.1, -0.05) is 52.8 Å². The van der Waals surface area contributed by atoms with Gasteiger partial charge in [-0.05, 0) is 12.5 Å². The summed E-state index contributed by atoms with van der Waals surface area (Å²) >= 11 is 3.31. The Kier molecular flexibility index (Phi) is 3.70. The van der Waals surface area contributed by atoms with Crippen molar-refractivity contribution in [2.45, 2.75) is 12.5 Å². The molecular formula is C12H13BrO. The van der Waals surface area contributed by atoms with Crippen LogP contribution < -0.4 is 0 Å². The standard InChI is InChI=1S/C12H13BrO/c1-3-10(2)12(14,9-13)11-7-5-4-6-8-11/h4-8,14H,1,9H2,2H3. The van der Waals surface area contributed by atoms with Gasteiger partial charge < -0.3 is 5.11 Å². The topological polar surface area (TPSA) is 20.2 Å². The third-order valence-corrected chi connectivity index (χ3v) is 3.14. The molecule has 74 valence electrons. The molecule has 0 saturated heterocycles. The van der Waals surface area contributed by atoms with E-state index in [2.05, 4.69) is 28.2 Å². The first-order valence-corrected chi connectivity index (χ1v) is 5.48. The molecule has 0 saturated carbocycles. The van der Waals surface area contributed by atoms with Gasteiger partial charge in [0, 0.05) is 10.9 Å². The van der Waals surface area contributed by atoms with Crippen molar-refractivity contribution in [1.82, 2.24) is 0 Å². The van der Waals surface area contributed by atoms with Crippen LogP contribution in [0.4, 0.5) is 0 Å². The first kappa shape index (κ1) is 11.3. The molecule has 0 heterocycles. The molecule has 1 nitrogen and oxygen atoms in total. The summed E-state index contributed by atoms with van der Waals surface area (Å²) in [5.41, 5.74) is 3.32. The fraction of sp³-hybridized carbons (Fsp3) is 0.250. The molecule has 0 bridgehead atoms. The second-order valence-corrected chi connectivity index (χ2v) is 3.72. The van der Waals surface area contributed by atoms with Crippen LogP contribution in [-0.4, -0.2) is 10.4 Å². The van der Waals surface area contributed by atoms with Gasteiger partial charge in [0.15, 0.2) is 0 Å². The minimum Gasteiger partial charge on any atom is -0.379 e. The average molecular weight is 253 g/mol. The largest absolute Gasteiger partial charge is 0.379 e. The predicted molar refractivity (Wildman–Crippen MR) is 62.5 cm³/mol. The summed E-state index contributed by atoms with van der Waals surface area (Å²) in [5.74, 6) is 0. The molecule has 0 amide bonds. The zero-order chi connectivity index (χ0) is 10.6. The van der Waals surface area contributed by atoms with Gasteiger partial charge in [0.05, 0.1) is 0 Å². The van der Waals surface area contributed by atoms with Crippen molar-refractivity contribution in [3.8, 4) is 0 Å². The zero-order valence-electron chi connectivity index (χ0n) is 8.13. The fourth-order valence-corrected chi connectivity index (χ4v) is 2.00. The van der Waals surface area contributed by atoms with Crippen molar-refractivity contribution in [1.29, 1.82) is 0 Å².